The molecule has 0 aromatic heterocycles. The lowest BCUT2D eigenvalue weighted by molar-refractivity contribution is -0.126. The molecule has 0 saturated carbocycles. The molecule has 0 unspecified atom stereocenters. The Bertz CT molecular complexity index is 178. The number of carbonyl (C=O) groups is 1. The SMILES string of the molecule is CC(C)(N)CC(=O)C1CCOCC1. The molecule has 1 aliphatic heterocycles. The van der Waals surface area contributed by atoms with Gasteiger partial charge in [-0.2, -0.15) is 0 Å². The first kappa shape index (κ1) is 10.7. The van der Waals surface area contributed by atoms with Gasteiger partial charge < -0.3 is 10.5 Å². The minimum Gasteiger partial charge on any atom is -0.381 e. The maximum atomic E-state index is 11.7. The van der Waals surface area contributed by atoms with Crippen LogP contribution in [-0.4, -0.2) is 24.5 Å². The minimum atomic E-state index is -0.366. The van der Waals surface area contributed by atoms with E-state index < -0.39 is 0 Å². The summed E-state index contributed by atoms with van der Waals surface area (Å²) in [6, 6.07) is 0. The summed E-state index contributed by atoms with van der Waals surface area (Å²) >= 11 is 0. The maximum absolute atomic E-state index is 11.7. The lowest BCUT2D eigenvalue weighted by Gasteiger charge is -2.24. The van der Waals surface area contributed by atoms with Gasteiger partial charge in [-0.15, -0.1) is 0 Å². The molecule has 1 fully saturated rings. The van der Waals surface area contributed by atoms with Crippen molar-refractivity contribution in [2.45, 2.75) is 38.6 Å². The molecule has 0 aromatic carbocycles. The number of ketones is 1. The van der Waals surface area contributed by atoms with Gasteiger partial charge in [0.25, 0.3) is 0 Å². The van der Waals surface area contributed by atoms with Crippen molar-refractivity contribution in [2.75, 3.05) is 13.2 Å². The number of ether oxygens (including phenoxy) is 1. The zero-order chi connectivity index (χ0) is 9.90. The number of carbonyl (C=O) groups excluding carboxylic acids is 1. The summed E-state index contributed by atoms with van der Waals surface area (Å²) in [5.74, 6) is 0.493. The first-order chi connectivity index (χ1) is 5.99. The summed E-state index contributed by atoms with van der Waals surface area (Å²) in [6.07, 6.45) is 2.22. The van der Waals surface area contributed by atoms with Crippen LogP contribution in [0, 0.1) is 5.92 Å². The van der Waals surface area contributed by atoms with E-state index >= 15 is 0 Å². The standard InChI is InChI=1S/C10H19NO2/c1-10(2,11)7-9(12)8-3-5-13-6-4-8/h8H,3-7,11H2,1-2H3. The highest BCUT2D eigenvalue weighted by Crippen LogP contribution is 2.19. The maximum Gasteiger partial charge on any atom is 0.137 e. The highest BCUT2D eigenvalue weighted by atomic mass is 16.5. The van der Waals surface area contributed by atoms with Crippen molar-refractivity contribution in [2.24, 2.45) is 11.7 Å². The third-order valence-corrected chi connectivity index (χ3v) is 2.31. The molecule has 0 spiro atoms. The Morgan fingerprint density at radius 3 is 2.46 bits per heavy atom. The fraction of sp³-hybridized carbons (Fsp3) is 0.900. The van der Waals surface area contributed by atoms with Gasteiger partial charge in [0.05, 0.1) is 0 Å². The highest BCUT2D eigenvalue weighted by Gasteiger charge is 2.25. The third kappa shape index (κ3) is 3.87. The van der Waals surface area contributed by atoms with Crippen LogP contribution in [0.2, 0.25) is 0 Å². The zero-order valence-corrected chi connectivity index (χ0v) is 8.51. The van der Waals surface area contributed by atoms with Crippen molar-refractivity contribution in [3.05, 3.63) is 0 Å². The summed E-state index contributed by atoms with van der Waals surface area (Å²) in [4.78, 5) is 11.7. The summed E-state index contributed by atoms with van der Waals surface area (Å²) in [7, 11) is 0. The Morgan fingerprint density at radius 1 is 1.46 bits per heavy atom. The summed E-state index contributed by atoms with van der Waals surface area (Å²) in [6.45, 7) is 5.23. The van der Waals surface area contributed by atoms with Crippen LogP contribution in [0.5, 0.6) is 0 Å². The monoisotopic (exact) mass is 185 g/mol. The molecule has 0 aromatic rings. The number of rotatable bonds is 3. The Hall–Kier alpha value is -0.410. The van der Waals surface area contributed by atoms with Crippen LogP contribution in [0.25, 0.3) is 0 Å². The normalized spacial score (nSPS) is 20.2. The molecule has 1 aliphatic rings. The zero-order valence-electron chi connectivity index (χ0n) is 8.51. The fourth-order valence-corrected chi connectivity index (χ4v) is 1.61. The van der Waals surface area contributed by atoms with E-state index in [1.807, 2.05) is 13.8 Å². The van der Waals surface area contributed by atoms with E-state index in [4.69, 9.17) is 10.5 Å². The molecule has 13 heavy (non-hydrogen) atoms. The summed E-state index contributed by atoms with van der Waals surface area (Å²) in [5.41, 5.74) is 5.43. The van der Waals surface area contributed by atoms with Gasteiger partial charge in [-0.3, -0.25) is 4.79 Å². The predicted molar refractivity (Wildman–Crippen MR) is 51.4 cm³/mol. The van der Waals surface area contributed by atoms with E-state index in [9.17, 15) is 4.79 Å². The smallest absolute Gasteiger partial charge is 0.137 e. The van der Waals surface area contributed by atoms with E-state index in [1.165, 1.54) is 0 Å². The van der Waals surface area contributed by atoms with E-state index in [1.54, 1.807) is 0 Å². The highest BCUT2D eigenvalue weighted by molar-refractivity contribution is 5.82. The van der Waals surface area contributed by atoms with Gasteiger partial charge in [0.1, 0.15) is 5.78 Å². The van der Waals surface area contributed by atoms with Crippen molar-refractivity contribution < 1.29 is 9.53 Å². The second-order valence-electron chi connectivity index (χ2n) is 4.52. The van der Waals surface area contributed by atoms with Gasteiger partial charge in [-0.25, -0.2) is 0 Å². The molecule has 3 nitrogen and oxygen atoms in total. The lowest BCUT2D eigenvalue weighted by Crippen LogP contribution is -2.37. The van der Waals surface area contributed by atoms with Gasteiger partial charge >= 0.3 is 0 Å². The Balaban J connectivity index is 2.38. The van der Waals surface area contributed by atoms with Crippen LogP contribution >= 0.6 is 0 Å². The Kier molecular flexibility index (Phi) is 3.45. The van der Waals surface area contributed by atoms with Crippen molar-refractivity contribution in [1.29, 1.82) is 0 Å². The summed E-state index contributed by atoms with van der Waals surface area (Å²) in [5, 5.41) is 0. The van der Waals surface area contributed by atoms with E-state index in [2.05, 4.69) is 0 Å². The number of Topliss-reactive ketones (excluding diaryl/α,β-unsaturated/α-hetero) is 1. The molecule has 1 saturated heterocycles. The molecular weight excluding hydrogens is 166 g/mol. The van der Waals surface area contributed by atoms with E-state index in [0.29, 0.717) is 12.2 Å². The number of nitrogens with two attached hydrogens (primary N) is 1. The van der Waals surface area contributed by atoms with Crippen LogP contribution in [0.4, 0.5) is 0 Å². The molecular formula is C10H19NO2. The minimum absolute atomic E-state index is 0.191. The second kappa shape index (κ2) is 4.20. The third-order valence-electron chi connectivity index (χ3n) is 2.31. The van der Waals surface area contributed by atoms with Crippen molar-refractivity contribution in [3.63, 3.8) is 0 Å². The molecule has 0 bridgehead atoms. The molecule has 1 heterocycles. The van der Waals surface area contributed by atoms with E-state index in [-0.39, 0.29) is 11.5 Å². The van der Waals surface area contributed by atoms with Crippen molar-refractivity contribution in [1.82, 2.24) is 0 Å². The van der Waals surface area contributed by atoms with Crippen LogP contribution in [-0.2, 0) is 9.53 Å². The summed E-state index contributed by atoms with van der Waals surface area (Å²) < 4.78 is 5.20. The molecule has 0 radical (unpaired) electrons. The number of hydrogen-bond acceptors (Lipinski definition) is 3. The molecule has 0 amide bonds. The molecule has 76 valence electrons. The van der Waals surface area contributed by atoms with E-state index in [0.717, 1.165) is 26.1 Å². The van der Waals surface area contributed by atoms with Gasteiger partial charge in [0, 0.05) is 31.1 Å². The predicted octanol–water partition coefficient (Wildman–Crippen LogP) is 1.11. The van der Waals surface area contributed by atoms with Crippen LogP contribution < -0.4 is 5.73 Å². The average molecular weight is 185 g/mol. The lowest BCUT2D eigenvalue weighted by atomic mass is 9.88. The van der Waals surface area contributed by atoms with Gasteiger partial charge in [0.2, 0.25) is 0 Å². The molecule has 0 aliphatic carbocycles. The van der Waals surface area contributed by atoms with Gasteiger partial charge in [-0.05, 0) is 26.7 Å². The largest absolute Gasteiger partial charge is 0.381 e. The fourth-order valence-electron chi connectivity index (χ4n) is 1.61. The quantitative estimate of drug-likeness (QED) is 0.716. The Labute approximate surface area is 79.6 Å². The second-order valence-corrected chi connectivity index (χ2v) is 4.52. The average Bonchev–Trinajstić information content (AvgIpc) is 2.03. The van der Waals surface area contributed by atoms with Crippen molar-refractivity contribution in [3.8, 4) is 0 Å². The molecule has 0 atom stereocenters. The topological polar surface area (TPSA) is 52.3 Å². The van der Waals surface area contributed by atoms with Crippen LogP contribution in [0.1, 0.15) is 33.1 Å². The molecule has 2 N–H and O–H groups in total. The Morgan fingerprint density at radius 2 is 2.00 bits per heavy atom. The van der Waals surface area contributed by atoms with Gasteiger partial charge in [-0.1, -0.05) is 0 Å². The first-order valence-electron chi connectivity index (χ1n) is 4.88. The van der Waals surface area contributed by atoms with Crippen molar-refractivity contribution >= 4 is 5.78 Å². The number of hydrogen-bond donors (Lipinski definition) is 1. The van der Waals surface area contributed by atoms with Gasteiger partial charge in [0.15, 0.2) is 0 Å². The first-order valence-corrected chi connectivity index (χ1v) is 4.88. The van der Waals surface area contributed by atoms with Crippen LogP contribution in [0.15, 0.2) is 0 Å². The molecule has 3 heteroatoms. The van der Waals surface area contributed by atoms with Crippen LogP contribution in [0.3, 0.4) is 0 Å². The molecule has 1 rings (SSSR count).